The second-order valence-electron chi connectivity index (χ2n) is 7.87. The van der Waals surface area contributed by atoms with Gasteiger partial charge in [0, 0.05) is 11.3 Å². The average Bonchev–Trinajstić information content (AvgIpc) is 3.27. The maximum Gasteiger partial charge on any atom is 0.416 e. The van der Waals surface area contributed by atoms with Crippen LogP contribution in [-0.4, -0.2) is 27.8 Å². The highest BCUT2D eigenvalue weighted by Crippen LogP contribution is 2.31. The van der Waals surface area contributed by atoms with Gasteiger partial charge < -0.3 is 14.6 Å². The molecule has 0 spiro atoms. The molecule has 0 aliphatic heterocycles. The standard InChI is InChI=1S/C26H23F3N4O2S/c1-35-22-12-10-20(11-13-22)24(34)30-15-23-31-32-25(33(23)16-18-6-3-2-4-7-18)36-17-19-8-5-9-21(14-19)26(27,28)29/h2-14H,15-17H2,1H3,(H,30,34). The van der Waals surface area contributed by atoms with Gasteiger partial charge in [0.1, 0.15) is 5.75 Å². The number of aromatic nitrogens is 3. The maximum atomic E-state index is 13.1. The second-order valence-corrected chi connectivity index (χ2v) is 8.81. The van der Waals surface area contributed by atoms with Gasteiger partial charge in [-0.1, -0.05) is 60.3 Å². The van der Waals surface area contributed by atoms with Crippen LogP contribution in [0.25, 0.3) is 0 Å². The third kappa shape index (κ3) is 6.45. The topological polar surface area (TPSA) is 69.0 Å². The largest absolute Gasteiger partial charge is 0.497 e. The summed E-state index contributed by atoms with van der Waals surface area (Å²) in [5.74, 6) is 1.20. The Balaban J connectivity index is 1.51. The van der Waals surface area contributed by atoms with Crippen LogP contribution in [0.2, 0.25) is 0 Å². The molecule has 1 amide bonds. The smallest absolute Gasteiger partial charge is 0.416 e. The molecule has 0 aliphatic rings. The molecule has 10 heteroatoms. The number of nitrogens with one attached hydrogen (secondary N) is 1. The van der Waals surface area contributed by atoms with E-state index in [4.69, 9.17) is 4.74 Å². The van der Waals surface area contributed by atoms with E-state index in [-0.39, 0.29) is 18.2 Å². The first kappa shape index (κ1) is 25.3. The maximum absolute atomic E-state index is 13.1. The van der Waals surface area contributed by atoms with Gasteiger partial charge >= 0.3 is 6.18 Å². The van der Waals surface area contributed by atoms with E-state index in [1.807, 2.05) is 34.9 Å². The molecule has 4 aromatic rings. The fourth-order valence-electron chi connectivity index (χ4n) is 3.47. The Kier molecular flexibility index (Phi) is 7.94. The van der Waals surface area contributed by atoms with Crippen LogP contribution in [0.5, 0.6) is 5.75 Å². The zero-order chi connectivity index (χ0) is 25.5. The van der Waals surface area contributed by atoms with Crippen molar-refractivity contribution in [3.05, 3.63) is 107 Å². The summed E-state index contributed by atoms with van der Waals surface area (Å²) >= 11 is 1.29. The lowest BCUT2D eigenvalue weighted by Crippen LogP contribution is -2.25. The molecule has 36 heavy (non-hydrogen) atoms. The molecular formula is C26H23F3N4O2S. The summed E-state index contributed by atoms with van der Waals surface area (Å²) in [6.45, 7) is 0.585. The molecular weight excluding hydrogens is 489 g/mol. The second kappa shape index (κ2) is 11.3. The molecule has 0 atom stereocenters. The van der Waals surface area contributed by atoms with E-state index in [9.17, 15) is 18.0 Å². The molecule has 0 radical (unpaired) electrons. The molecule has 1 N–H and O–H groups in total. The molecule has 4 rings (SSSR count). The van der Waals surface area contributed by atoms with E-state index < -0.39 is 11.7 Å². The first-order valence-electron chi connectivity index (χ1n) is 11.0. The average molecular weight is 513 g/mol. The molecule has 0 unspecified atom stereocenters. The van der Waals surface area contributed by atoms with Crippen LogP contribution in [0.1, 0.15) is 32.9 Å². The highest BCUT2D eigenvalue weighted by molar-refractivity contribution is 7.98. The summed E-state index contributed by atoms with van der Waals surface area (Å²) in [5.41, 5.74) is 1.32. The number of methoxy groups -OCH3 is 1. The summed E-state index contributed by atoms with van der Waals surface area (Å²) in [7, 11) is 1.55. The Morgan fingerprint density at radius 1 is 0.972 bits per heavy atom. The van der Waals surface area contributed by atoms with Crippen molar-refractivity contribution in [3.63, 3.8) is 0 Å². The van der Waals surface area contributed by atoms with Crippen LogP contribution in [0.15, 0.2) is 84.0 Å². The third-order valence-electron chi connectivity index (χ3n) is 5.36. The van der Waals surface area contributed by atoms with E-state index in [0.717, 1.165) is 17.7 Å². The fourth-order valence-corrected chi connectivity index (χ4v) is 4.37. The number of hydrogen-bond acceptors (Lipinski definition) is 5. The predicted molar refractivity (Wildman–Crippen MR) is 131 cm³/mol. The SMILES string of the molecule is COc1ccc(C(=O)NCc2nnc(SCc3cccc(C(F)(F)F)c3)n2Cc2ccccc2)cc1. The van der Waals surface area contributed by atoms with Crippen molar-refractivity contribution in [3.8, 4) is 5.75 Å². The highest BCUT2D eigenvalue weighted by Gasteiger charge is 2.30. The zero-order valence-corrected chi connectivity index (χ0v) is 20.1. The van der Waals surface area contributed by atoms with Crippen LogP contribution >= 0.6 is 11.8 Å². The molecule has 0 fully saturated rings. The number of benzene rings is 3. The molecule has 6 nitrogen and oxygen atoms in total. The number of halogens is 3. The van der Waals surface area contributed by atoms with Gasteiger partial charge in [-0.2, -0.15) is 13.2 Å². The summed E-state index contributed by atoms with van der Waals surface area (Å²) in [4.78, 5) is 12.6. The normalized spacial score (nSPS) is 11.3. The molecule has 1 heterocycles. The minimum atomic E-state index is -4.40. The van der Waals surface area contributed by atoms with Crippen molar-refractivity contribution in [1.29, 1.82) is 0 Å². The fraction of sp³-hybridized carbons (Fsp3) is 0.192. The number of amides is 1. The monoisotopic (exact) mass is 512 g/mol. The van der Waals surface area contributed by atoms with Crippen LogP contribution in [-0.2, 0) is 25.0 Å². The molecule has 0 saturated heterocycles. The van der Waals surface area contributed by atoms with Crippen molar-refractivity contribution in [2.45, 2.75) is 30.2 Å². The first-order valence-corrected chi connectivity index (χ1v) is 12.0. The Bertz CT molecular complexity index is 1310. The van der Waals surface area contributed by atoms with Gasteiger partial charge in [-0.05, 0) is 41.5 Å². The van der Waals surface area contributed by atoms with E-state index >= 15 is 0 Å². The Morgan fingerprint density at radius 3 is 2.39 bits per heavy atom. The van der Waals surface area contributed by atoms with Gasteiger partial charge in [0.25, 0.3) is 5.91 Å². The molecule has 0 saturated carbocycles. The van der Waals surface area contributed by atoms with Gasteiger partial charge in [0.15, 0.2) is 11.0 Å². The van der Waals surface area contributed by atoms with Crippen molar-refractivity contribution in [2.75, 3.05) is 7.11 Å². The van der Waals surface area contributed by atoms with Gasteiger partial charge in [0.2, 0.25) is 0 Å². The number of thioether (sulfide) groups is 1. The predicted octanol–water partition coefficient (Wildman–Crippen LogP) is 5.58. The quantitative estimate of drug-likeness (QED) is 0.297. The molecule has 0 aliphatic carbocycles. The number of alkyl halides is 3. The van der Waals surface area contributed by atoms with Crippen LogP contribution in [0, 0.1) is 0 Å². The van der Waals surface area contributed by atoms with Gasteiger partial charge in [-0.25, -0.2) is 0 Å². The van der Waals surface area contributed by atoms with E-state index in [0.29, 0.717) is 34.4 Å². The number of nitrogens with zero attached hydrogens (tertiary/aromatic N) is 3. The Morgan fingerprint density at radius 2 is 1.69 bits per heavy atom. The number of ether oxygens (including phenoxy) is 1. The summed E-state index contributed by atoms with van der Waals surface area (Å²) in [6.07, 6.45) is -4.40. The molecule has 3 aromatic carbocycles. The minimum absolute atomic E-state index is 0.134. The summed E-state index contributed by atoms with van der Waals surface area (Å²) in [5, 5.41) is 11.9. The molecule has 1 aromatic heterocycles. The lowest BCUT2D eigenvalue weighted by molar-refractivity contribution is -0.137. The lowest BCUT2D eigenvalue weighted by Gasteiger charge is -2.12. The highest BCUT2D eigenvalue weighted by atomic mass is 32.2. The van der Waals surface area contributed by atoms with E-state index in [1.165, 1.54) is 17.8 Å². The van der Waals surface area contributed by atoms with Gasteiger partial charge in [0.05, 0.1) is 25.8 Å². The number of rotatable bonds is 9. The Labute approximate surface area is 210 Å². The van der Waals surface area contributed by atoms with Crippen LogP contribution in [0.3, 0.4) is 0 Å². The van der Waals surface area contributed by atoms with E-state index in [1.54, 1.807) is 37.4 Å². The van der Waals surface area contributed by atoms with E-state index in [2.05, 4.69) is 15.5 Å². The number of carbonyl (C=O) groups is 1. The number of carbonyl (C=O) groups excluding carboxylic acids is 1. The Hall–Kier alpha value is -3.79. The van der Waals surface area contributed by atoms with Crippen LogP contribution in [0.4, 0.5) is 13.2 Å². The van der Waals surface area contributed by atoms with Crippen molar-refractivity contribution >= 4 is 17.7 Å². The third-order valence-corrected chi connectivity index (χ3v) is 6.40. The van der Waals surface area contributed by atoms with Gasteiger partial charge in [-0.15, -0.1) is 10.2 Å². The zero-order valence-electron chi connectivity index (χ0n) is 19.3. The van der Waals surface area contributed by atoms with Crippen LogP contribution < -0.4 is 10.1 Å². The van der Waals surface area contributed by atoms with Crippen molar-refractivity contribution < 1.29 is 22.7 Å². The van der Waals surface area contributed by atoms with Crippen molar-refractivity contribution in [1.82, 2.24) is 20.1 Å². The van der Waals surface area contributed by atoms with Gasteiger partial charge in [-0.3, -0.25) is 4.79 Å². The summed E-state index contributed by atoms with van der Waals surface area (Å²) in [6, 6.07) is 21.6. The minimum Gasteiger partial charge on any atom is -0.497 e. The lowest BCUT2D eigenvalue weighted by atomic mass is 10.1. The first-order chi connectivity index (χ1) is 17.3. The molecule has 0 bridgehead atoms. The van der Waals surface area contributed by atoms with Crippen molar-refractivity contribution in [2.24, 2.45) is 0 Å². The number of hydrogen-bond donors (Lipinski definition) is 1. The summed E-state index contributed by atoms with van der Waals surface area (Å²) < 4.78 is 46.2. The molecule has 186 valence electrons.